The summed E-state index contributed by atoms with van der Waals surface area (Å²) in [7, 11) is 3.36. The lowest BCUT2D eigenvalue weighted by atomic mass is 9.97. The smallest absolute Gasteiger partial charge is 0.305 e. The van der Waals surface area contributed by atoms with Gasteiger partial charge in [0.05, 0.1) is 13.7 Å². The first-order valence-electron chi connectivity index (χ1n) is 6.41. The largest absolute Gasteiger partial charge is 0.469 e. The Morgan fingerprint density at radius 1 is 1.42 bits per heavy atom. The Hall–Kier alpha value is -1.43. The van der Waals surface area contributed by atoms with Crippen LogP contribution in [0.2, 0.25) is 0 Å². The van der Waals surface area contributed by atoms with Crippen molar-refractivity contribution in [2.24, 2.45) is 0 Å². The number of carbonyl (C=O) groups excluding carboxylic acids is 1. The normalized spacial score (nSPS) is 11.9. The zero-order valence-corrected chi connectivity index (χ0v) is 12.4. The Bertz CT molecular complexity index is 410. The summed E-state index contributed by atoms with van der Waals surface area (Å²) in [4.78, 5) is 17.4. The Morgan fingerprint density at radius 3 is 2.63 bits per heavy atom. The van der Waals surface area contributed by atoms with Crippen molar-refractivity contribution in [3.05, 3.63) is 11.7 Å². The van der Waals surface area contributed by atoms with Crippen molar-refractivity contribution in [2.45, 2.75) is 45.6 Å². The number of ether oxygens (including phenoxy) is 1. The van der Waals surface area contributed by atoms with Crippen molar-refractivity contribution >= 4 is 5.97 Å². The molecule has 0 aliphatic carbocycles. The minimum absolute atomic E-state index is 0.130. The highest BCUT2D eigenvalue weighted by Crippen LogP contribution is 2.19. The van der Waals surface area contributed by atoms with Crippen LogP contribution in [-0.2, 0) is 21.5 Å². The summed E-state index contributed by atoms with van der Waals surface area (Å²) in [6.07, 6.45) is 1.19. The second-order valence-corrected chi connectivity index (χ2v) is 5.68. The number of aromatic nitrogens is 2. The van der Waals surface area contributed by atoms with Crippen LogP contribution in [0.25, 0.3) is 0 Å². The van der Waals surface area contributed by atoms with Crippen LogP contribution in [0.15, 0.2) is 4.52 Å². The molecule has 0 amide bonds. The molecule has 19 heavy (non-hydrogen) atoms. The number of esters is 1. The number of hydrogen-bond donors (Lipinski definition) is 0. The zero-order valence-electron chi connectivity index (χ0n) is 12.4. The summed E-state index contributed by atoms with van der Waals surface area (Å²) in [5, 5.41) is 3.96. The maximum absolute atomic E-state index is 11.0. The van der Waals surface area contributed by atoms with Gasteiger partial charge in [-0.1, -0.05) is 25.9 Å². The fourth-order valence-corrected chi connectivity index (χ4v) is 1.54. The molecule has 0 bridgehead atoms. The summed E-state index contributed by atoms with van der Waals surface area (Å²) in [5.41, 5.74) is -0.130. The Balaban J connectivity index is 2.38. The van der Waals surface area contributed by atoms with E-state index in [0.717, 1.165) is 13.0 Å². The van der Waals surface area contributed by atoms with Gasteiger partial charge in [0.15, 0.2) is 5.82 Å². The third-order valence-electron chi connectivity index (χ3n) is 2.67. The van der Waals surface area contributed by atoms with Gasteiger partial charge < -0.3 is 9.26 Å². The first-order chi connectivity index (χ1) is 8.82. The lowest BCUT2D eigenvalue weighted by Crippen LogP contribution is -2.21. The molecule has 6 heteroatoms. The number of rotatable bonds is 6. The van der Waals surface area contributed by atoms with E-state index >= 15 is 0 Å². The van der Waals surface area contributed by atoms with Gasteiger partial charge in [0.2, 0.25) is 5.89 Å². The molecular formula is C13H23N3O3. The summed E-state index contributed by atoms with van der Waals surface area (Å²) in [6.45, 7) is 7.49. The Kier molecular flexibility index (Phi) is 5.47. The highest BCUT2D eigenvalue weighted by molar-refractivity contribution is 5.69. The maximum Gasteiger partial charge on any atom is 0.305 e. The van der Waals surface area contributed by atoms with E-state index in [1.54, 1.807) is 0 Å². The highest BCUT2D eigenvalue weighted by atomic mass is 16.5. The topological polar surface area (TPSA) is 68.5 Å². The molecule has 108 valence electrons. The molecule has 0 atom stereocenters. The predicted molar refractivity (Wildman–Crippen MR) is 70.6 cm³/mol. The van der Waals surface area contributed by atoms with Crippen LogP contribution in [0.4, 0.5) is 0 Å². The number of hydrogen-bond acceptors (Lipinski definition) is 6. The van der Waals surface area contributed by atoms with Gasteiger partial charge in [-0.05, 0) is 20.0 Å². The van der Waals surface area contributed by atoms with Crippen molar-refractivity contribution in [3.63, 3.8) is 0 Å². The molecule has 0 saturated heterocycles. The number of methoxy groups -OCH3 is 1. The molecule has 1 heterocycles. The summed E-state index contributed by atoms with van der Waals surface area (Å²) in [6, 6.07) is 0. The molecule has 0 unspecified atom stereocenters. The number of nitrogens with zero attached hydrogens (tertiary/aromatic N) is 3. The van der Waals surface area contributed by atoms with Crippen LogP contribution < -0.4 is 0 Å². The lowest BCUT2D eigenvalue weighted by molar-refractivity contribution is -0.140. The average molecular weight is 269 g/mol. The molecular weight excluding hydrogens is 246 g/mol. The molecule has 1 rings (SSSR count). The minimum atomic E-state index is -0.178. The van der Waals surface area contributed by atoms with Crippen LogP contribution >= 0.6 is 0 Å². The van der Waals surface area contributed by atoms with Gasteiger partial charge >= 0.3 is 5.97 Å². The Morgan fingerprint density at radius 2 is 2.11 bits per heavy atom. The second kappa shape index (κ2) is 6.65. The van der Waals surface area contributed by atoms with Gasteiger partial charge in [-0.2, -0.15) is 4.98 Å². The molecule has 0 fully saturated rings. The predicted octanol–water partition coefficient (Wildman–Crippen LogP) is 1.75. The van der Waals surface area contributed by atoms with Gasteiger partial charge in [-0.25, -0.2) is 0 Å². The first-order valence-corrected chi connectivity index (χ1v) is 6.41. The SMILES string of the molecule is COC(=O)CCCN(C)Cc1noc(C(C)(C)C)n1. The first kappa shape index (κ1) is 15.6. The molecule has 0 spiro atoms. The van der Waals surface area contributed by atoms with E-state index < -0.39 is 0 Å². The van der Waals surface area contributed by atoms with Crippen LogP contribution in [0.5, 0.6) is 0 Å². The van der Waals surface area contributed by atoms with E-state index in [0.29, 0.717) is 24.7 Å². The van der Waals surface area contributed by atoms with Crippen molar-refractivity contribution in [1.82, 2.24) is 15.0 Å². The third-order valence-corrected chi connectivity index (χ3v) is 2.67. The van der Waals surface area contributed by atoms with Gasteiger partial charge in [0, 0.05) is 11.8 Å². The van der Waals surface area contributed by atoms with Crippen LogP contribution in [0.1, 0.15) is 45.3 Å². The zero-order chi connectivity index (χ0) is 14.5. The molecule has 0 saturated carbocycles. The van der Waals surface area contributed by atoms with E-state index in [-0.39, 0.29) is 11.4 Å². The second-order valence-electron chi connectivity index (χ2n) is 5.68. The quantitative estimate of drug-likeness (QED) is 0.733. The molecule has 6 nitrogen and oxygen atoms in total. The van der Waals surface area contributed by atoms with Crippen LogP contribution in [-0.4, -0.2) is 41.7 Å². The molecule has 1 aromatic rings. The van der Waals surface area contributed by atoms with E-state index in [1.165, 1.54) is 7.11 Å². The van der Waals surface area contributed by atoms with Gasteiger partial charge in [0.25, 0.3) is 0 Å². The summed E-state index contributed by atoms with van der Waals surface area (Å²) < 4.78 is 9.82. The van der Waals surface area contributed by atoms with Crippen molar-refractivity contribution < 1.29 is 14.1 Å². The van der Waals surface area contributed by atoms with Crippen molar-refractivity contribution in [1.29, 1.82) is 0 Å². The summed E-state index contributed by atoms with van der Waals surface area (Å²) >= 11 is 0. The molecule has 0 N–H and O–H groups in total. The fourth-order valence-electron chi connectivity index (χ4n) is 1.54. The third kappa shape index (κ3) is 5.38. The van der Waals surface area contributed by atoms with Gasteiger partial charge in [-0.3, -0.25) is 9.69 Å². The van der Waals surface area contributed by atoms with E-state index in [4.69, 9.17) is 4.52 Å². The van der Waals surface area contributed by atoms with Crippen LogP contribution in [0.3, 0.4) is 0 Å². The highest BCUT2D eigenvalue weighted by Gasteiger charge is 2.21. The lowest BCUT2D eigenvalue weighted by Gasteiger charge is -2.13. The summed E-state index contributed by atoms with van der Waals surface area (Å²) in [5.74, 6) is 1.14. The van der Waals surface area contributed by atoms with Crippen LogP contribution in [0, 0.1) is 0 Å². The molecule has 1 aromatic heterocycles. The molecule has 0 aromatic carbocycles. The van der Waals surface area contributed by atoms with E-state index in [1.807, 2.05) is 27.8 Å². The molecule has 0 radical (unpaired) electrons. The molecule has 0 aliphatic rings. The van der Waals surface area contributed by atoms with Crippen molar-refractivity contribution in [3.8, 4) is 0 Å². The maximum atomic E-state index is 11.0. The minimum Gasteiger partial charge on any atom is -0.469 e. The standard InChI is InChI=1S/C13H23N3O3/c1-13(2,3)12-14-10(15-19-12)9-16(4)8-6-7-11(17)18-5/h6-9H2,1-5H3. The average Bonchev–Trinajstić information content (AvgIpc) is 2.77. The Labute approximate surface area is 114 Å². The fraction of sp³-hybridized carbons (Fsp3) is 0.769. The van der Waals surface area contributed by atoms with Gasteiger partial charge in [-0.15, -0.1) is 0 Å². The van der Waals surface area contributed by atoms with E-state index in [2.05, 4.69) is 19.8 Å². The number of carbonyl (C=O) groups is 1. The van der Waals surface area contributed by atoms with Gasteiger partial charge in [0.1, 0.15) is 0 Å². The molecule has 0 aliphatic heterocycles. The van der Waals surface area contributed by atoms with Crippen molar-refractivity contribution in [2.75, 3.05) is 20.7 Å². The monoisotopic (exact) mass is 269 g/mol. The van der Waals surface area contributed by atoms with E-state index in [9.17, 15) is 4.79 Å².